The highest BCUT2D eigenvalue weighted by atomic mass is 16.5. The maximum atomic E-state index is 6.05. The maximum absolute atomic E-state index is 6.05. The van der Waals surface area contributed by atoms with Crippen LogP contribution in [-0.4, -0.2) is 39.0 Å². The molecule has 4 atom stereocenters. The lowest BCUT2D eigenvalue weighted by Gasteiger charge is -2.30. The van der Waals surface area contributed by atoms with Crippen LogP contribution in [0.15, 0.2) is 0 Å². The number of rotatable bonds is 7. The van der Waals surface area contributed by atoms with Crippen molar-refractivity contribution in [2.24, 2.45) is 5.92 Å². The molecular weight excluding hydrogens is 214 g/mol. The van der Waals surface area contributed by atoms with Gasteiger partial charge in [0, 0.05) is 13.2 Å². The largest absolute Gasteiger partial charge is 0.381 e. The lowest BCUT2D eigenvalue weighted by molar-refractivity contribution is -0.0386. The van der Waals surface area contributed by atoms with Gasteiger partial charge < -0.3 is 14.8 Å². The van der Waals surface area contributed by atoms with E-state index in [0.717, 1.165) is 13.0 Å². The minimum Gasteiger partial charge on any atom is -0.381 e. The van der Waals surface area contributed by atoms with Gasteiger partial charge in [0.05, 0.1) is 18.8 Å². The van der Waals surface area contributed by atoms with Crippen molar-refractivity contribution in [3.05, 3.63) is 0 Å². The molecule has 3 nitrogen and oxygen atoms in total. The minimum absolute atomic E-state index is 0.397. The zero-order valence-electron chi connectivity index (χ0n) is 11.9. The van der Waals surface area contributed by atoms with E-state index in [9.17, 15) is 0 Å². The zero-order chi connectivity index (χ0) is 12.7. The van der Waals surface area contributed by atoms with Gasteiger partial charge in [-0.25, -0.2) is 0 Å². The molecule has 4 unspecified atom stereocenters. The fraction of sp³-hybridized carbons (Fsp3) is 1.00. The second-order valence-corrected chi connectivity index (χ2v) is 5.26. The second-order valence-electron chi connectivity index (χ2n) is 5.26. The summed E-state index contributed by atoms with van der Waals surface area (Å²) in [6, 6.07) is 0.475. The number of ether oxygens (including phenoxy) is 2. The molecule has 0 heterocycles. The summed E-state index contributed by atoms with van der Waals surface area (Å²) >= 11 is 0. The Morgan fingerprint density at radius 2 is 2.00 bits per heavy atom. The molecule has 1 N–H and O–H groups in total. The van der Waals surface area contributed by atoms with Crippen LogP contribution < -0.4 is 5.32 Å². The Hall–Kier alpha value is -0.120. The van der Waals surface area contributed by atoms with Crippen LogP contribution >= 0.6 is 0 Å². The molecule has 1 aliphatic rings. The molecule has 1 aliphatic carbocycles. The monoisotopic (exact) mass is 243 g/mol. The van der Waals surface area contributed by atoms with Gasteiger partial charge in [-0.3, -0.25) is 0 Å². The molecule has 0 radical (unpaired) electrons. The zero-order valence-corrected chi connectivity index (χ0v) is 11.9. The van der Waals surface area contributed by atoms with E-state index in [1.807, 2.05) is 14.2 Å². The maximum Gasteiger partial charge on any atom is 0.0625 e. The average molecular weight is 243 g/mol. The van der Waals surface area contributed by atoms with Gasteiger partial charge in [0.1, 0.15) is 0 Å². The lowest BCUT2D eigenvalue weighted by atomic mass is 9.94. The van der Waals surface area contributed by atoms with Crippen LogP contribution in [0.3, 0.4) is 0 Å². The fourth-order valence-corrected chi connectivity index (χ4v) is 2.52. The van der Waals surface area contributed by atoms with Crippen molar-refractivity contribution in [1.82, 2.24) is 5.32 Å². The Balaban J connectivity index is 2.28. The third-order valence-corrected chi connectivity index (χ3v) is 4.12. The molecule has 3 heteroatoms. The molecule has 0 saturated heterocycles. The third kappa shape index (κ3) is 4.94. The molecule has 0 aromatic rings. The Labute approximate surface area is 106 Å². The quantitative estimate of drug-likeness (QED) is 0.745. The van der Waals surface area contributed by atoms with E-state index in [1.165, 1.54) is 25.7 Å². The van der Waals surface area contributed by atoms with E-state index < -0.39 is 0 Å². The van der Waals surface area contributed by atoms with E-state index in [4.69, 9.17) is 9.47 Å². The minimum atomic E-state index is 0.397. The predicted molar refractivity (Wildman–Crippen MR) is 71.3 cm³/mol. The Kier molecular flexibility index (Phi) is 7.09. The lowest BCUT2D eigenvalue weighted by Crippen LogP contribution is -2.39. The first kappa shape index (κ1) is 14.9. The molecule has 1 rings (SSSR count). The molecule has 0 aromatic carbocycles. The van der Waals surface area contributed by atoms with Crippen molar-refractivity contribution >= 4 is 0 Å². The molecule has 0 aliphatic heterocycles. The van der Waals surface area contributed by atoms with E-state index in [2.05, 4.69) is 19.2 Å². The fourth-order valence-electron chi connectivity index (χ4n) is 2.52. The Morgan fingerprint density at radius 3 is 2.59 bits per heavy atom. The summed E-state index contributed by atoms with van der Waals surface area (Å²) in [7, 11) is 3.83. The van der Waals surface area contributed by atoms with Crippen molar-refractivity contribution < 1.29 is 9.47 Å². The van der Waals surface area contributed by atoms with Crippen LogP contribution in [0.1, 0.15) is 46.0 Å². The molecular formula is C14H29NO2. The van der Waals surface area contributed by atoms with Crippen molar-refractivity contribution in [1.29, 1.82) is 0 Å². The number of nitrogens with one attached hydrogen (secondary N) is 1. The second kappa shape index (κ2) is 8.06. The van der Waals surface area contributed by atoms with Crippen LogP contribution in [0.2, 0.25) is 0 Å². The van der Waals surface area contributed by atoms with Gasteiger partial charge in [-0.05, 0) is 38.6 Å². The Bertz CT molecular complexity index is 199. The summed E-state index contributed by atoms with van der Waals surface area (Å²) in [5.74, 6) is 0.668. The van der Waals surface area contributed by atoms with Crippen molar-refractivity contribution in [3.63, 3.8) is 0 Å². The SMILES string of the molecule is CCC(C)C(COC1CCCC(OC)C1)NC. The van der Waals surface area contributed by atoms with Gasteiger partial charge in [-0.1, -0.05) is 20.3 Å². The van der Waals surface area contributed by atoms with Gasteiger partial charge in [0.25, 0.3) is 0 Å². The number of likely N-dealkylation sites (N-methyl/N-ethyl adjacent to an activating group) is 1. The molecule has 1 saturated carbocycles. The molecule has 1 fully saturated rings. The van der Waals surface area contributed by atoms with Crippen molar-refractivity contribution in [3.8, 4) is 0 Å². The first-order valence-electron chi connectivity index (χ1n) is 7.02. The van der Waals surface area contributed by atoms with Crippen molar-refractivity contribution in [2.45, 2.75) is 64.2 Å². The normalized spacial score (nSPS) is 28.9. The summed E-state index contributed by atoms with van der Waals surface area (Å²) < 4.78 is 11.5. The predicted octanol–water partition coefficient (Wildman–Crippen LogP) is 2.59. The first-order valence-corrected chi connectivity index (χ1v) is 7.02. The molecule has 0 spiro atoms. The third-order valence-electron chi connectivity index (χ3n) is 4.12. The summed E-state index contributed by atoms with van der Waals surface area (Å²) in [6.07, 6.45) is 6.68. The van der Waals surface area contributed by atoms with Crippen molar-refractivity contribution in [2.75, 3.05) is 20.8 Å². The van der Waals surface area contributed by atoms with Crippen LogP contribution in [0.25, 0.3) is 0 Å². The molecule has 0 bridgehead atoms. The van der Waals surface area contributed by atoms with Gasteiger partial charge >= 0.3 is 0 Å². The van der Waals surface area contributed by atoms with Gasteiger partial charge in [-0.15, -0.1) is 0 Å². The number of hydrogen-bond acceptors (Lipinski definition) is 3. The number of methoxy groups -OCH3 is 1. The van der Waals surface area contributed by atoms with E-state index in [0.29, 0.717) is 24.2 Å². The summed E-state index contributed by atoms with van der Waals surface area (Å²) in [5, 5.41) is 3.36. The van der Waals surface area contributed by atoms with Crippen LogP contribution in [0, 0.1) is 5.92 Å². The smallest absolute Gasteiger partial charge is 0.0625 e. The molecule has 17 heavy (non-hydrogen) atoms. The topological polar surface area (TPSA) is 30.5 Å². The van der Waals surface area contributed by atoms with Crippen LogP contribution in [0.5, 0.6) is 0 Å². The summed E-state index contributed by atoms with van der Waals surface area (Å²) in [6.45, 7) is 5.34. The number of hydrogen-bond donors (Lipinski definition) is 1. The van der Waals surface area contributed by atoms with E-state index >= 15 is 0 Å². The first-order chi connectivity index (χ1) is 8.21. The highest BCUT2D eigenvalue weighted by Gasteiger charge is 2.23. The average Bonchev–Trinajstić information content (AvgIpc) is 2.39. The standard InChI is InChI=1S/C14H29NO2/c1-5-11(2)14(15-3)10-17-13-8-6-7-12(9-13)16-4/h11-15H,5-10H2,1-4H3. The van der Waals surface area contributed by atoms with E-state index in [1.54, 1.807) is 0 Å². The van der Waals surface area contributed by atoms with Crippen LogP contribution in [0.4, 0.5) is 0 Å². The van der Waals surface area contributed by atoms with E-state index in [-0.39, 0.29) is 0 Å². The van der Waals surface area contributed by atoms with Gasteiger partial charge in [0.2, 0.25) is 0 Å². The Morgan fingerprint density at radius 1 is 1.29 bits per heavy atom. The highest BCUT2D eigenvalue weighted by Crippen LogP contribution is 2.23. The van der Waals surface area contributed by atoms with Crippen LogP contribution in [-0.2, 0) is 9.47 Å². The highest BCUT2D eigenvalue weighted by molar-refractivity contribution is 4.76. The molecule has 0 aromatic heterocycles. The van der Waals surface area contributed by atoms with Gasteiger partial charge in [-0.2, -0.15) is 0 Å². The molecule has 102 valence electrons. The van der Waals surface area contributed by atoms with Gasteiger partial charge in [0.15, 0.2) is 0 Å². The summed E-state index contributed by atoms with van der Waals surface area (Å²) in [4.78, 5) is 0. The summed E-state index contributed by atoms with van der Waals surface area (Å²) in [5.41, 5.74) is 0. The molecule has 0 amide bonds.